The third-order valence-electron chi connectivity index (χ3n) is 6.12. The summed E-state index contributed by atoms with van der Waals surface area (Å²) in [6.07, 6.45) is 3.18. The predicted octanol–water partition coefficient (Wildman–Crippen LogP) is 7.01. The van der Waals surface area contributed by atoms with Gasteiger partial charge in [-0.1, -0.05) is 66.9 Å². The molecule has 4 nitrogen and oxygen atoms in total. The molecule has 32 heavy (non-hydrogen) atoms. The molecule has 0 aromatic heterocycles. The van der Waals surface area contributed by atoms with E-state index in [-0.39, 0.29) is 5.91 Å². The number of fused-ring (bicyclic) bond motifs is 1. The number of nitrogens with one attached hydrogen (secondary N) is 1. The second-order valence-electron chi connectivity index (χ2n) is 8.13. The Bertz CT molecular complexity index is 1110. The minimum Gasteiger partial charge on any atom is -0.493 e. The van der Waals surface area contributed by atoms with E-state index < -0.39 is 5.41 Å². The van der Waals surface area contributed by atoms with Gasteiger partial charge in [0.05, 0.1) is 12.0 Å². The number of unbranched alkanes of at least 4 members (excludes halogenated alkanes) is 1. The highest BCUT2D eigenvalue weighted by Gasteiger charge is 2.43. The number of hydrogen-bond donors (Lipinski definition) is 1. The number of hydrogen-bond acceptors (Lipinski definition) is 3. The Balaban J connectivity index is 1.69. The molecule has 6 heteroatoms. The first kappa shape index (κ1) is 22.9. The lowest BCUT2D eigenvalue weighted by molar-refractivity contribution is -0.125. The van der Waals surface area contributed by atoms with E-state index in [0.717, 1.165) is 40.6 Å². The second kappa shape index (κ2) is 10.1. The summed E-state index contributed by atoms with van der Waals surface area (Å²) in [4.78, 5) is 13.8. The number of carbonyl (C=O) groups is 1. The summed E-state index contributed by atoms with van der Waals surface area (Å²) in [5.74, 6) is 0.739. The van der Waals surface area contributed by atoms with Gasteiger partial charge in [0.2, 0.25) is 5.91 Å². The fourth-order valence-electron chi connectivity index (χ4n) is 4.29. The van der Waals surface area contributed by atoms with Crippen molar-refractivity contribution < 1.29 is 14.3 Å². The van der Waals surface area contributed by atoms with Crippen LogP contribution >= 0.6 is 23.2 Å². The molecule has 168 valence electrons. The Morgan fingerprint density at radius 2 is 1.81 bits per heavy atom. The molecule has 3 aromatic carbocycles. The molecule has 0 radical (unpaired) electrons. The number of benzene rings is 3. The molecule has 4 rings (SSSR count). The van der Waals surface area contributed by atoms with Crippen molar-refractivity contribution in [3.8, 4) is 5.75 Å². The first-order chi connectivity index (χ1) is 15.5. The molecular weight excluding hydrogens is 445 g/mol. The summed E-state index contributed by atoms with van der Waals surface area (Å²) in [6.45, 7) is 3.80. The number of anilines is 1. The third-order valence-corrected chi connectivity index (χ3v) is 6.66. The Morgan fingerprint density at radius 3 is 2.53 bits per heavy atom. The molecular formula is C26H27Cl2NO3. The first-order valence-corrected chi connectivity index (χ1v) is 11.8. The van der Waals surface area contributed by atoms with Crippen molar-refractivity contribution in [2.24, 2.45) is 0 Å². The van der Waals surface area contributed by atoms with Gasteiger partial charge in [0.15, 0.2) is 0 Å². The van der Waals surface area contributed by atoms with Gasteiger partial charge >= 0.3 is 0 Å². The van der Waals surface area contributed by atoms with Crippen LogP contribution in [-0.2, 0) is 14.9 Å². The molecule has 0 bridgehead atoms. The van der Waals surface area contributed by atoms with Gasteiger partial charge in [-0.25, -0.2) is 0 Å². The van der Waals surface area contributed by atoms with Crippen LogP contribution in [0, 0.1) is 0 Å². The van der Waals surface area contributed by atoms with E-state index in [1.807, 2.05) is 42.5 Å². The molecule has 0 aliphatic carbocycles. The maximum atomic E-state index is 13.8. The minimum atomic E-state index is -0.780. The van der Waals surface area contributed by atoms with Gasteiger partial charge in [-0.2, -0.15) is 0 Å². The minimum absolute atomic E-state index is 0.0881. The predicted molar refractivity (Wildman–Crippen MR) is 131 cm³/mol. The fraction of sp³-hybridized carbons (Fsp3) is 0.346. The summed E-state index contributed by atoms with van der Waals surface area (Å²) in [5.41, 5.74) is 0.759. The summed E-state index contributed by atoms with van der Waals surface area (Å²) in [5, 5.41) is 6.16. The largest absolute Gasteiger partial charge is 0.493 e. The summed E-state index contributed by atoms with van der Waals surface area (Å²) in [7, 11) is 0. The molecule has 1 N–H and O–H groups in total. The highest BCUT2D eigenvalue weighted by molar-refractivity contribution is 6.35. The average molecular weight is 472 g/mol. The maximum absolute atomic E-state index is 13.8. The van der Waals surface area contributed by atoms with E-state index in [1.54, 1.807) is 12.1 Å². The van der Waals surface area contributed by atoms with Crippen molar-refractivity contribution in [3.05, 3.63) is 70.2 Å². The van der Waals surface area contributed by atoms with E-state index in [9.17, 15) is 4.79 Å². The van der Waals surface area contributed by atoms with Crippen LogP contribution < -0.4 is 10.1 Å². The van der Waals surface area contributed by atoms with Gasteiger partial charge in [0, 0.05) is 39.7 Å². The van der Waals surface area contributed by atoms with Gasteiger partial charge in [0.1, 0.15) is 5.75 Å². The van der Waals surface area contributed by atoms with Crippen LogP contribution in [0.5, 0.6) is 5.75 Å². The van der Waals surface area contributed by atoms with Crippen LogP contribution in [0.25, 0.3) is 10.8 Å². The molecule has 1 aliphatic heterocycles. The van der Waals surface area contributed by atoms with E-state index >= 15 is 0 Å². The smallest absolute Gasteiger partial charge is 0.235 e. The Labute approximate surface area is 198 Å². The van der Waals surface area contributed by atoms with Crippen LogP contribution in [0.4, 0.5) is 5.69 Å². The molecule has 1 aliphatic rings. The Kier molecular flexibility index (Phi) is 7.24. The van der Waals surface area contributed by atoms with Crippen molar-refractivity contribution in [3.63, 3.8) is 0 Å². The first-order valence-electron chi connectivity index (χ1n) is 11.0. The number of amides is 1. The van der Waals surface area contributed by atoms with Gasteiger partial charge < -0.3 is 14.8 Å². The van der Waals surface area contributed by atoms with E-state index in [2.05, 4.69) is 12.2 Å². The van der Waals surface area contributed by atoms with Crippen molar-refractivity contribution >= 4 is 45.6 Å². The molecule has 1 saturated heterocycles. The van der Waals surface area contributed by atoms with Crippen LogP contribution in [0.15, 0.2) is 54.6 Å². The molecule has 1 amide bonds. The van der Waals surface area contributed by atoms with Crippen LogP contribution in [-0.4, -0.2) is 25.7 Å². The molecule has 0 spiro atoms. The second-order valence-corrected chi connectivity index (χ2v) is 8.98. The third kappa shape index (κ3) is 4.59. The molecule has 1 fully saturated rings. The lowest BCUT2D eigenvalue weighted by Crippen LogP contribution is -2.45. The van der Waals surface area contributed by atoms with Crippen molar-refractivity contribution in [2.75, 3.05) is 25.1 Å². The number of ether oxygens (including phenoxy) is 2. The van der Waals surface area contributed by atoms with Crippen LogP contribution in [0.1, 0.15) is 38.2 Å². The number of rotatable bonds is 7. The monoisotopic (exact) mass is 471 g/mol. The summed E-state index contributed by atoms with van der Waals surface area (Å²) in [6, 6.07) is 17.2. The Hall–Kier alpha value is -2.27. The van der Waals surface area contributed by atoms with Gasteiger partial charge in [-0.3, -0.25) is 4.79 Å². The zero-order valence-electron chi connectivity index (χ0n) is 18.1. The van der Waals surface area contributed by atoms with Gasteiger partial charge in [-0.05, 0) is 49.1 Å². The fourth-order valence-corrected chi connectivity index (χ4v) is 4.88. The highest BCUT2D eigenvalue weighted by atomic mass is 35.5. The summed E-state index contributed by atoms with van der Waals surface area (Å²) < 4.78 is 11.6. The normalized spacial score (nSPS) is 15.5. The number of carbonyl (C=O) groups excluding carboxylic acids is 1. The van der Waals surface area contributed by atoms with Crippen molar-refractivity contribution in [1.82, 2.24) is 0 Å². The molecule has 0 unspecified atom stereocenters. The topological polar surface area (TPSA) is 47.6 Å². The standard InChI is InChI=1S/C26H27Cl2NO3/c1-2-3-14-32-24-11-10-23(19-6-4-5-7-20(19)24)29-25(30)26(12-15-31-16-13-26)21-9-8-18(27)17-22(21)28/h4-11,17H,2-3,12-16H2,1H3,(H,29,30). The molecule has 0 atom stereocenters. The van der Waals surface area contributed by atoms with E-state index in [0.29, 0.717) is 42.7 Å². The maximum Gasteiger partial charge on any atom is 0.235 e. The van der Waals surface area contributed by atoms with E-state index in [4.69, 9.17) is 32.7 Å². The lowest BCUT2D eigenvalue weighted by atomic mass is 9.73. The van der Waals surface area contributed by atoms with Crippen LogP contribution in [0.2, 0.25) is 10.0 Å². The highest BCUT2D eigenvalue weighted by Crippen LogP contribution is 2.41. The molecule has 1 heterocycles. The Morgan fingerprint density at radius 1 is 1.06 bits per heavy atom. The molecule has 0 saturated carbocycles. The zero-order valence-corrected chi connectivity index (χ0v) is 19.6. The van der Waals surface area contributed by atoms with Gasteiger partial charge in [-0.15, -0.1) is 0 Å². The quantitative estimate of drug-likeness (QED) is 0.376. The summed E-state index contributed by atoms with van der Waals surface area (Å²) >= 11 is 12.7. The lowest BCUT2D eigenvalue weighted by Gasteiger charge is -2.37. The number of halogens is 2. The molecule has 3 aromatic rings. The van der Waals surface area contributed by atoms with Crippen molar-refractivity contribution in [2.45, 2.75) is 38.0 Å². The van der Waals surface area contributed by atoms with E-state index in [1.165, 1.54) is 0 Å². The SMILES string of the molecule is CCCCOc1ccc(NC(=O)C2(c3ccc(Cl)cc3Cl)CCOCC2)c2ccccc12. The van der Waals surface area contributed by atoms with Crippen LogP contribution in [0.3, 0.4) is 0 Å². The van der Waals surface area contributed by atoms with Gasteiger partial charge in [0.25, 0.3) is 0 Å². The average Bonchev–Trinajstić information content (AvgIpc) is 2.81. The van der Waals surface area contributed by atoms with Crippen molar-refractivity contribution in [1.29, 1.82) is 0 Å². The zero-order chi connectivity index (χ0) is 22.6.